The number of piperidine rings is 1. The summed E-state index contributed by atoms with van der Waals surface area (Å²) in [5.74, 6) is 4.28. The average molecular weight is 456 g/mol. The number of hydrogen-bond donors (Lipinski definition) is 1. The molecule has 8 atom stereocenters. The van der Waals surface area contributed by atoms with Crippen molar-refractivity contribution >= 4 is 11.7 Å². The number of nitrogens with zero attached hydrogens (tertiary/aromatic N) is 1. The third-order valence-corrected chi connectivity index (χ3v) is 11.3. The maximum Gasteiger partial charge on any atom is 0.222 e. The smallest absolute Gasteiger partial charge is 0.222 e. The van der Waals surface area contributed by atoms with Crippen LogP contribution in [0.1, 0.15) is 97.8 Å². The van der Waals surface area contributed by atoms with Crippen molar-refractivity contribution in [1.82, 2.24) is 4.90 Å². The first-order valence-electron chi connectivity index (χ1n) is 13.9. The highest BCUT2D eigenvalue weighted by Gasteiger charge is 2.59. The monoisotopic (exact) mass is 455 g/mol. The number of carbonyl (C=O) groups excluding carboxylic acids is 2. The van der Waals surface area contributed by atoms with Gasteiger partial charge in [0.05, 0.1) is 6.10 Å². The normalized spacial score (nSPS) is 43.9. The Labute approximate surface area is 200 Å². The SMILES string of the molecule is C[C@H](CCC(=O)N1CCC(=O)CC1)[C@H]1CC[C@H]2[C@@H]3CC=C4C[C@@H](O)CC[C@]4(C)[C@H]3CC[C@]12C. The van der Waals surface area contributed by atoms with Crippen LogP contribution in [-0.4, -0.2) is 40.9 Å². The molecule has 0 aromatic carbocycles. The van der Waals surface area contributed by atoms with E-state index in [1.807, 2.05) is 4.90 Å². The van der Waals surface area contributed by atoms with E-state index in [1.165, 1.54) is 32.1 Å². The maximum atomic E-state index is 12.8. The number of fused-ring (bicyclic) bond motifs is 5. The van der Waals surface area contributed by atoms with Gasteiger partial charge in [-0.25, -0.2) is 0 Å². The highest BCUT2D eigenvalue weighted by Crippen LogP contribution is 2.67. The van der Waals surface area contributed by atoms with Crippen LogP contribution < -0.4 is 0 Å². The molecule has 0 radical (unpaired) electrons. The third-order valence-electron chi connectivity index (χ3n) is 11.3. The molecule has 4 heteroatoms. The molecule has 1 N–H and O–H groups in total. The number of amides is 1. The highest BCUT2D eigenvalue weighted by atomic mass is 16.3. The Hall–Kier alpha value is -1.16. The number of ketones is 1. The van der Waals surface area contributed by atoms with Gasteiger partial charge in [0.2, 0.25) is 5.91 Å². The van der Waals surface area contributed by atoms with Crippen molar-refractivity contribution in [2.75, 3.05) is 13.1 Å². The topological polar surface area (TPSA) is 57.6 Å². The summed E-state index contributed by atoms with van der Waals surface area (Å²) in [6, 6.07) is 0. The fourth-order valence-electron chi connectivity index (χ4n) is 9.33. The molecule has 5 rings (SSSR count). The summed E-state index contributed by atoms with van der Waals surface area (Å²) in [4.78, 5) is 26.2. The molecule has 1 heterocycles. The minimum atomic E-state index is -0.125. The van der Waals surface area contributed by atoms with Crippen LogP contribution in [0.2, 0.25) is 0 Å². The van der Waals surface area contributed by atoms with Gasteiger partial charge >= 0.3 is 0 Å². The lowest BCUT2D eigenvalue weighted by Gasteiger charge is -2.58. The summed E-state index contributed by atoms with van der Waals surface area (Å²) in [5, 5.41) is 10.2. The number of Topliss-reactive ketones (excluding diaryl/α,β-unsaturated/α-hetero) is 1. The lowest BCUT2D eigenvalue weighted by molar-refractivity contribution is -0.135. The van der Waals surface area contributed by atoms with Crippen LogP contribution in [0.3, 0.4) is 0 Å². The summed E-state index contributed by atoms with van der Waals surface area (Å²) < 4.78 is 0. The second-order valence-corrected chi connectivity index (χ2v) is 12.8. The van der Waals surface area contributed by atoms with Gasteiger partial charge < -0.3 is 10.0 Å². The molecule has 184 valence electrons. The predicted octanol–water partition coefficient (Wildman–Crippen LogP) is 5.53. The highest BCUT2D eigenvalue weighted by molar-refractivity contribution is 5.83. The Kier molecular flexibility index (Phi) is 6.29. The van der Waals surface area contributed by atoms with E-state index in [0.29, 0.717) is 54.9 Å². The van der Waals surface area contributed by atoms with Crippen molar-refractivity contribution < 1.29 is 14.7 Å². The van der Waals surface area contributed by atoms with E-state index >= 15 is 0 Å². The minimum Gasteiger partial charge on any atom is -0.393 e. The largest absolute Gasteiger partial charge is 0.393 e. The molecule has 1 saturated heterocycles. The van der Waals surface area contributed by atoms with Gasteiger partial charge in [-0.2, -0.15) is 0 Å². The first-order valence-corrected chi connectivity index (χ1v) is 13.9. The van der Waals surface area contributed by atoms with Crippen molar-refractivity contribution in [2.45, 2.75) is 104 Å². The van der Waals surface area contributed by atoms with Crippen molar-refractivity contribution in [3.63, 3.8) is 0 Å². The van der Waals surface area contributed by atoms with E-state index in [1.54, 1.807) is 5.57 Å². The van der Waals surface area contributed by atoms with Crippen molar-refractivity contribution in [3.8, 4) is 0 Å². The van der Waals surface area contributed by atoms with Gasteiger partial charge in [-0.1, -0.05) is 32.4 Å². The van der Waals surface area contributed by atoms with Crippen LogP contribution in [0, 0.1) is 40.4 Å². The molecule has 4 nitrogen and oxygen atoms in total. The van der Waals surface area contributed by atoms with Gasteiger partial charge in [0, 0.05) is 32.4 Å². The molecule has 0 spiro atoms. The summed E-state index contributed by atoms with van der Waals surface area (Å²) >= 11 is 0. The number of carbonyl (C=O) groups is 2. The van der Waals surface area contributed by atoms with E-state index in [2.05, 4.69) is 26.8 Å². The van der Waals surface area contributed by atoms with Crippen molar-refractivity contribution in [1.29, 1.82) is 0 Å². The Morgan fingerprint density at radius 1 is 1.12 bits per heavy atom. The Balaban J connectivity index is 1.23. The second-order valence-electron chi connectivity index (χ2n) is 12.8. The van der Waals surface area contributed by atoms with E-state index in [4.69, 9.17) is 0 Å². The minimum absolute atomic E-state index is 0.125. The third kappa shape index (κ3) is 4.02. The molecular formula is C29H45NO3. The quantitative estimate of drug-likeness (QED) is 0.567. The number of rotatable bonds is 4. The molecule has 1 aliphatic heterocycles. The number of likely N-dealkylation sites (tertiary alicyclic amines) is 1. The summed E-state index contributed by atoms with van der Waals surface area (Å²) in [6.07, 6.45) is 14.7. The Morgan fingerprint density at radius 3 is 2.64 bits per heavy atom. The average Bonchev–Trinajstić information content (AvgIpc) is 3.15. The van der Waals surface area contributed by atoms with Crippen LogP contribution in [0.4, 0.5) is 0 Å². The van der Waals surface area contributed by atoms with Gasteiger partial charge in [0.1, 0.15) is 5.78 Å². The van der Waals surface area contributed by atoms with Gasteiger partial charge in [0.25, 0.3) is 0 Å². The molecule has 1 amide bonds. The van der Waals surface area contributed by atoms with Crippen LogP contribution in [-0.2, 0) is 9.59 Å². The van der Waals surface area contributed by atoms with Crippen LogP contribution in [0.25, 0.3) is 0 Å². The van der Waals surface area contributed by atoms with Crippen LogP contribution in [0.5, 0.6) is 0 Å². The molecule has 4 aliphatic carbocycles. The molecule has 0 aromatic heterocycles. The summed E-state index contributed by atoms with van der Waals surface area (Å²) in [7, 11) is 0. The van der Waals surface area contributed by atoms with E-state index in [9.17, 15) is 14.7 Å². The zero-order chi connectivity index (χ0) is 23.4. The maximum absolute atomic E-state index is 12.8. The molecule has 0 unspecified atom stereocenters. The zero-order valence-electron chi connectivity index (χ0n) is 21.2. The Bertz CT molecular complexity index is 810. The fraction of sp³-hybridized carbons (Fsp3) is 0.862. The van der Waals surface area contributed by atoms with Gasteiger partial charge in [0.15, 0.2) is 0 Å². The first-order chi connectivity index (χ1) is 15.7. The van der Waals surface area contributed by atoms with E-state index in [0.717, 1.165) is 49.4 Å². The number of hydrogen-bond acceptors (Lipinski definition) is 3. The lowest BCUT2D eigenvalue weighted by atomic mass is 9.47. The zero-order valence-corrected chi connectivity index (χ0v) is 21.2. The molecule has 33 heavy (non-hydrogen) atoms. The molecule has 0 aromatic rings. The number of aliphatic hydroxyl groups is 1. The van der Waals surface area contributed by atoms with Gasteiger partial charge in [-0.15, -0.1) is 0 Å². The molecule has 3 saturated carbocycles. The summed E-state index contributed by atoms with van der Waals surface area (Å²) in [5.41, 5.74) is 2.29. The van der Waals surface area contributed by atoms with Gasteiger partial charge in [-0.3, -0.25) is 9.59 Å². The number of allylic oxidation sites excluding steroid dienone is 1. The second kappa shape index (κ2) is 8.81. The number of aliphatic hydroxyl groups excluding tert-OH is 1. The molecular weight excluding hydrogens is 410 g/mol. The molecule has 4 fully saturated rings. The predicted molar refractivity (Wildman–Crippen MR) is 130 cm³/mol. The van der Waals surface area contributed by atoms with Crippen molar-refractivity contribution in [2.24, 2.45) is 40.4 Å². The van der Waals surface area contributed by atoms with Gasteiger partial charge in [-0.05, 0) is 98.2 Å². The first kappa shape index (κ1) is 23.6. The van der Waals surface area contributed by atoms with Crippen LogP contribution >= 0.6 is 0 Å². The molecule has 0 bridgehead atoms. The van der Waals surface area contributed by atoms with Crippen molar-refractivity contribution in [3.05, 3.63) is 11.6 Å². The van der Waals surface area contributed by atoms with Crippen LogP contribution in [0.15, 0.2) is 11.6 Å². The standard InChI is InChI=1S/C29H45NO3/c1-19(4-9-27(33)30-16-12-21(31)13-17-30)24-7-8-25-23-6-5-20-18-22(32)10-14-28(20,2)26(23)11-15-29(24,25)3/h5,19,22-26,32H,4,6-18H2,1-3H3/t19-,22+,23+,24-,25+,26+,28+,29-/m1/s1. The van der Waals surface area contributed by atoms with E-state index < -0.39 is 0 Å². The van der Waals surface area contributed by atoms with E-state index in [-0.39, 0.29) is 12.0 Å². The molecule has 5 aliphatic rings. The Morgan fingerprint density at radius 2 is 1.88 bits per heavy atom. The fourth-order valence-corrected chi connectivity index (χ4v) is 9.33. The lowest BCUT2D eigenvalue weighted by Crippen LogP contribution is -2.50. The summed E-state index contributed by atoms with van der Waals surface area (Å²) in [6.45, 7) is 8.76.